The zero-order chi connectivity index (χ0) is 102. The number of ketones is 2. The quantitative estimate of drug-likeness (QED) is 0.0138. The zero-order valence-electron chi connectivity index (χ0n) is 84.8. The number of Topliss-reactive ketones (excluding diaryl/α,β-unsaturated/α-hetero) is 2. The molecule has 3 aliphatic heterocycles. The van der Waals surface area contributed by atoms with Gasteiger partial charge in [-0.15, -0.1) is 12.5 Å². The first-order valence-electron chi connectivity index (χ1n) is 47.8. The molecular formula is C109H158Co2O22Si3. The number of benzene rings is 3. The normalized spacial score (nSPS) is 19.3. The predicted molar refractivity (Wildman–Crippen MR) is 522 cm³/mol. The van der Waals surface area contributed by atoms with Crippen LogP contribution in [0.5, 0.6) is 17.2 Å². The molecule has 22 nitrogen and oxygen atoms in total. The molecule has 136 heavy (non-hydrogen) atoms. The van der Waals surface area contributed by atoms with Gasteiger partial charge in [-0.05, 0) is 252 Å². The van der Waals surface area contributed by atoms with Gasteiger partial charge in [0, 0.05) is 89.3 Å². The van der Waals surface area contributed by atoms with Crippen molar-refractivity contribution in [2.45, 2.75) is 398 Å². The SMILES string of the molecule is C=CCOc1cccc([C@H](C#CCC[C@H](CCCCC)OC2CCCCO2)O[Si](C)(C)C(C)(C)C)c1CC=C.C=CCOc1cccc2c1CC1CC(=O)C(CC[C@@H](CCCCC)OC3CCCCO3)=C1[C@@H]2O[Si](C)(C)C(C)(C)C.CCCCC[C@H](CCC1=C2C(CC1=O)Cc1c(O)cccc1[C@H]2O[Si](C)(C)C(C)(C)C)OC1CCCCO1.[C-]#[O+].[C-]#[O+].[C-]#[O+].[C-]#[O+].[C-]#[O+].[C-]#[O+].[C-]#[O+].[C-]#[O+].[Co].[Co]. The molecule has 5 unspecified atom stereocenters. The third-order valence-electron chi connectivity index (χ3n) is 26.8. The molecule has 7 aliphatic rings. The van der Waals surface area contributed by atoms with Crippen molar-refractivity contribution in [3.05, 3.63) is 201 Å². The van der Waals surface area contributed by atoms with E-state index in [9.17, 15) is 14.7 Å². The molecule has 2 radical (unpaired) electrons. The van der Waals surface area contributed by atoms with Crippen molar-refractivity contribution in [2.24, 2.45) is 11.8 Å². The number of unbranched alkanes of at least 4 members (excludes halogenated alkanes) is 6. The van der Waals surface area contributed by atoms with Crippen molar-refractivity contribution in [2.75, 3.05) is 33.0 Å². The second kappa shape index (κ2) is 73.0. The first kappa shape index (κ1) is 134. The maximum absolute atomic E-state index is 13.7. The average molecular weight is 2020 g/mol. The second-order valence-electron chi connectivity index (χ2n) is 39.0. The molecule has 756 valence electrons. The Morgan fingerprint density at radius 1 is 0.463 bits per heavy atom. The summed E-state index contributed by atoms with van der Waals surface area (Å²) in [7, 11) is -6.41. The van der Waals surface area contributed by atoms with Crippen LogP contribution in [-0.2, 0) is 141 Å². The molecule has 3 saturated heterocycles. The van der Waals surface area contributed by atoms with Crippen LogP contribution in [0.25, 0.3) is 0 Å². The van der Waals surface area contributed by atoms with Gasteiger partial charge in [-0.25, -0.2) is 0 Å². The number of phenolic OH excluding ortho intramolecular Hbond substituents is 1. The van der Waals surface area contributed by atoms with E-state index in [2.05, 4.69) is 231 Å². The van der Waals surface area contributed by atoms with E-state index in [-0.39, 0.29) is 128 Å². The van der Waals surface area contributed by atoms with Gasteiger partial charge in [0.25, 0.3) is 0 Å². The summed E-state index contributed by atoms with van der Waals surface area (Å²) in [5.74, 6) is 9.89. The average Bonchev–Trinajstić information content (AvgIpc) is 1.60. The number of carbonyl (C=O) groups is 2. The van der Waals surface area contributed by atoms with Gasteiger partial charge in [-0.2, -0.15) is 0 Å². The summed E-state index contributed by atoms with van der Waals surface area (Å²) in [6.45, 7) is 91.8. The number of fused-ring (bicyclic) bond motifs is 4. The van der Waals surface area contributed by atoms with E-state index in [1.165, 1.54) is 73.6 Å². The number of carbonyl (C=O) groups excluding carboxylic acids is 2. The van der Waals surface area contributed by atoms with E-state index in [1.807, 2.05) is 30.3 Å². The molecule has 1 N–H and O–H groups in total. The third kappa shape index (κ3) is 43.8. The molecule has 3 aromatic carbocycles. The topological polar surface area (TPSA) is 315 Å². The minimum atomic E-state index is -2.15. The Morgan fingerprint density at radius 3 is 1.19 bits per heavy atom. The van der Waals surface area contributed by atoms with Gasteiger partial charge in [-0.1, -0.05) is 215 Å². The van der Waals surface area contributed by atoms with Gasteiger partial charge in [0.1, 0.15) is 36.6 Å². The number of allylic oxidation sites excluding steroid dienone is 3. The Labute approximate surface area is 841 Å². The number of hydrogen-bond acceptors (Lipinski definition) is 14. The number of ether oxygens (including phenoxy) is 8. The molecule has 0 bridgehead atoms. The molecule has 11 atom stereocenters. The summed E-state index contributed by atoms with van der Waals surface area (Å²) in [6, 6.07) is 18.2. The summed E-state index contributed by atoms with van der Waals surface area (Å²) in [5, 5.41) is 10.9. The van der Waals surface area contributed by atoms with Crippen molar-refractivity contribution in [1.29, 1.82) is 0 Å². The Balaban J connectivity index is -0.00000180. The van der Waals surface area contributed by atoms with Crippen LogP contribution in [0.2, 0.25) is 54.4 Å². The molecule has 0 spiro atoms. The largest absolute Gasteiger partial charge is 0 e. The van der Waals surface area contributed by atoms with Gasteiger partial charge in [0.05, 0.1) is 30.5 Å². The van der Waals surface area contributed by atoms with Crippen LogP contribution >= 0.6 is 0 Å². The molecule has 3 heterocycles. The minimum absolute atomic E-state index is 0. The molecule has 3 aromatic rings. The molecule has 10 rings (SSSR count). The van der Waals surface area contributed by atoms with Gasteiger partial charge in [0.15, 0.2) is 55.4 Å². The fraction of sp³-hybridized carbons (Fsp3) is 0.633. The van der Waals surface area contributed by atoms with Crippen LogP contribution in [0.3, 0.4) is 0 Å². The summed E-state index contributed by atoms with van der Waals surface area (Å²) in [5.41, 5.74) is 10.9. The molecule has 0 aromatic heterocycles. The van der Waals surface area contributed by atoms with Crippen molar-refractivity contribution in [1.82, 2.24) is 0 Å². The molecule has 0 amide bonds. The van der Waals surface area contributed by atoms with Gasteiger partial charge >= 0.3 is 90.4 Å². The van der Waals surface area contributed by atoms with Crippen molar-refractivity contribution >= 4 is 36.5 Å². The first-order valence-corrected chi connectivity index (χ1v) is 56.5. The molecule has 4 aliphatic carbocycles. The Kier molecular flexibility index (Phi) is 72.0. The van der Waals surface area contributed by atoms with Crippen LogP contribution < -0.4 is 9.47 Å². The minimum Gasteiger partial charge on any atom is 0 e. The maximum atomic E-state index is 13.7. The second-order valence-corrected chi connectivity index (χ2v) is 53.2. The van der Waals surface area contributed by atoms with Gasteiger partial charge in [-0.3, -0.25) is 9.59 Å². The van der Waals surface area contributed by atoms with Gasteiger partial charge < -0.3 is 56.3 Å². The standard InChI is InChI=1S/C35H54O5Si.C34H54O4Si.C32H50O5Si.8CO.2Co/c1-8-10-11-15-26(39-32-18-12-13-22-38-32)19-20-28-30(36)24-25-23-29-27(16-14-17-31(29)37-21-9-2)34(33(25)28)40-41(6,7)35(3,4)5;1-9-12-13-20-28(37-33-25-16-17-27-36-33)21-14-15-23-32(38-39(7,8)34(4,5)6)30-22-18-24-31(35-26-11-3)29(30)19-10-2;1-7-8-9-13-23(36-29-16-10-11-19-35-29)17-18-25-28(34)21-22-20-26-24(14-12-15-27(26)33)31(30(22)25)37-38(5,6)32(2,3)4;8*1-2;;/h9,14,16-17,25-26,32,34H,2,8,10-13,15,18-24H2,1,3-7H3;10-11,18,22,24,28,32-33H,2-3,9,12-14,16-17,19-21,25-27H2,1,4-8H3;12,14-15,22-23,29,31,33H,7-11,13,16-21H2,1-6H3;;;;;;;;;;/t25?,26-,32?,34-;28-,32-,33?;22?,23-,29?,31-;;;;;;;;;;/m101........../s1. The van der Waals surface area contributed by atoms with E-state index in [1.54, 1.807) is 18.2 Å². The molecule has 0 saturated carbocycles. The molecule has 3 fully saturated rings. The summed E-state index contributed by atoms with van der Waals surface area (Å²) in [6.07, 6.45) is 36.4. The summed E-state index contributed by atoms with van der Waals surface area (Å²) < 4.78 is 131. The van der Waals surface area contributed by atoms with Crippen LogP contribution in [0.4, 0.5) is 0 Å². The van der Waals surface area contributed by atoms with Crippen molar-refractivity contribution < 1.29 is 137 Å². The monoisotopic (exact) mass is 2020 g/mol. The van der Waals surface area contributed by atoms with E-state index < -0.39 is 25.0 Å². The van der Waals surface area contributed by atoms with E-state index in [0.717, 1.165) is 193 Å². The van der Waals surface area contributed by atoms with E-state index in [4.69, 9.17) is 88.4 Å². The predicted octanol–water partition coefficient (Wildman–Crippen LogP) is 26.2. The molecule has 27 heteroatoms. The van der Waals surface area contributed by atoms with Crippen LogP contribution in [0, 0.1) is 76.9 Å². The number of phenols is 1. The maximum Gasteiger partial charge on any atom is 0 e. The van der Waals surface area contributed by atoms with Crippen molar-refractivity contribution in [3.8, 4) is 29.1 Å². The Morgan fingerprint density at radius 2 is 0.824 bits per heavy atom. The fourth-order valence-corrected chi connectivity index (χ4v) is 20.3. The summed E-state index contributed by atoms with van der Waals surface area (Å²) in [4.78, 5) is 27.2. The Hall–Kier alpha value is -6.12. The zero-order valence-corrected chi connectivity index (χ0v) is 89.8. The first-order chi connectivity index (χ1) is 64.2. The van der Waals surface area contributed by atoms with Crippen LogP contribution in [0.1, 0.15) is 321 Å². The Bertz CT molecular complexity index is 4160. The number of hydrogen-bond donors (Lipinski definition) is 1. The van der Waals surface area contributed by atoms with Crippen LogP contribution in [0.15, 0.2) is 115 Å². The van der Waals surface area contributed by atoms with E-state index >= 15 is 0 Å². The third-order valence-corrected chi connectivity index (χ3v) is 40.1. The van der Waals surface area contributed by atoms with Crippen LogP contribution in [-0.4, -0.2) is 112 Å². The summed E-state index contributed by atoms with van der Waals surface area (Å²) >= 11 is 0. The molecular weight excluding hydrogens is 1860 g/mol. The number of rotatable bonds is 41. The van der Waals surface area contributed by atoms with Gasteiger partial charge in [0.2, 0.25) is 0 Å². The number of aromatic hydroxyl groups is 1. The van der Waals surface area contributed by atoms with Crippen molar-refractivity contribution in [3.63, 3.8) is 0 Å². The van der Waals surface area contributed by atoms with E-state index in [0.29, 0.717) is 44.6 Å². The smallest absolute Gasteiger partial charge is 0 e. The fourth-order valence-electron chi connectivity index (χ4n) is 16.8.